The highest BCUT2D eigenvalue weighted by Crippen LogP contribution is 2.13. The number of hydrogen-bond donors (Lipinski definition) is 3. The Bertz CT molecular complexity index is 167. The van der Waals surface area contributed by atoms with E-state index >= 15 is 0 Å². The molecule has 0 heterocycles. The number of rotatable bonds is 0. The van der Waals surface area contributed by atoms with Gasteiger partial charge in [-0.15, -0.1) is 12.6 Å². The Balaban J connectivity index is 0.000000640. The second-order valence-electron chi connectivity index (χ2n) is 1.56. The van der Waals surface area contributed by atoms with E-state index in [1.807, 2.05) is 24.3 Å². The van der Waals surface area contributed by atoms with Crippen molar-refractivity contribution in [1.29, 1.82) is 0 Å². The normalized spacial score (nSPS) is 8.11. The molecule has 0 radical (unpaired) electrons. The zero-order valence-electron chi connectivity index (χ0n) is 5.04. The van der Waals surface area contributed by atoms with E-state index in [0.717, 1.165) is 10.6 Å². The molecule has 0 saturated heterocycles. The number of thiol groups is 1. The highest BCUT2D eigenvalue weighted by atomic mass is 32.1. The van der Waals surface area contributed by atoms with Crippen molar-refractivity contribution in [3.63, 3.8) is 0 Å². The van der Waals surface area contributed by atoms with Gasteiger partial charge in [0.1, 0.15) is 0 Å². The summed E-state index contributed by atoms with van der Waals surface area (Å²) in [7, 11) is 0. The first kappa shape index (κ1) is 8.33. The molecule has 0 aliphatic rings. The van der Waals surface area contributed by atoms with Crippen molar-refractivity contribution in [3.05, 3.63) is 24.3 Å². The van der Waals surface area contributed by atoms with E-state index in [9.17, 15) is 0 Å². The van der Waals surface area contributed by atoms with Crippen molar-refractivity contribution in [2.75, 3.05) is 5.73 Å². The average Bonchev–Trinajstić information content (AvgIpc) is 1.77. The van der Waals surface area contributed by atoms with Crippen LogP contribution in [-0.2, 0) is 0 Å². The molecule has 0 aromatic heterocycles. The van der Waals surface area contributed by atoms with Crippen LogP contribution in [0.1, 0.15) is 0 Å². The van der Waals surface area contributed by atoms with Crippen molar-refractivity contribution in [2.24, 2.45) is 0 Å². The molecule has 0 spiro atoms. The number of hydrogen-bond acceptors (Lipinski definition) is 3. The molecule has 0 unspecified atom stereocenters. The maximum absolute atomic E-state index is 5.44. The van der Waals surface area contributed by atoms with Gasteiger partial charge in [-0.05, 0) is 12.1 Å². The fourth-order valence-electron chi connectivity index (χ4n) is 0.488. The number of nitrogens with two attached hydrogens (primary N) is 1. The Hall–Kier alpha value is -0.670. The van der Waals surface area contributed by atoms with Gasteiger partial charge in [0.15, 0.2) is 0 Å². The Morgan fingerprint density at radius 2 is 1.78 bits per heavy atom. The van der Waals surface area contributed by atoms with Crippen molar-refractivity contribution in [1.82, 2.24) is 6.15 Å². The Kier molecular flexibility index (Phi) is 3.12. The molecule has 0 aliphatic heterocycles. The van der Waals surface area contributed by atoms with Gasteiger partial charge in [0.05, 0.1) is 0 Å². The predicted molar refractivity (Wildman–Crippen MR) is 43.1 cm³/mol. The van der Waals surface area contributed by atoms with E-state index in [-0.39, 0.29) is 6.15 Å². The minimum absolute atomic E-state index is 0. The second-order valence-corrected chi connectivity index (χ2v) is 2.04. The molecule has 50 valence electrons. The third-order valence-corrected chi connectivity index (χ3v) is 1.34. The SMILES string of the molecule is N.Nc1ccccc1S. The van der Waals surface area contributed by atoms with Crippen LogP contribution in [0, 0.1) is 0 Å². The summed E-state index contributed by atoms with van der Waals surface area (Å²) in [6.07, 6.45) is 0. The van der Waals surface area contributed by atoms with Crippen LogP contribution in [0.2, 0.25) is 0 Å². The minimum atomic E-state index is 0. The summed E-state index contributed by atoms with van der Waals surface area (Å²) < 4.78 is 0. The van der Waals surface area contributed by atoms with E-state index < -0.39 is 0 Å². The number of para-hydroxylation sites is 1. The summed E-state index contributed by atoms with van der Waals surface area (Å²) >= 11 is 4.07. The molecular formula is C6H10N2S. The van der Waals surface area contributed by atoms with Gasteiger partial charge in [-0.3, -0.25) is 0 Å². The van der Waals surface area contributed by atoms with Crippen LogP contribution in [0.15, 0.2) is 29.2 Å². The van der Waals surface area contributed by atoms with Gasteiger partial charge >= 0.3 is 0 Å². The Morgan fingerprint density at radius 1 is 1.22 bits per heavy atom. The van der Waals surface area contributed by atoms with Crippen LogP contribution in [0.5, 0.6) is 0 Å². The summed E-state index contributed by atoms with van der Waals surface area (Å²) in [5.41, 5.74) is 6.18. The van der Waals surface area contributed by atoms with Gasteiger partial charge < -0.3 is 11.9 Å². The van der Waals surface area contributed by atoms with Crippen LogP contribution in [0.3, 0.4) is 0 Å². The first-order chi connectivity index (χ1) is 3.80. The van der Waals surface area contributed by atoms with E-state index in [1.54, 1.807) is 0 Å². The van der Waals surface area contributed by atoms with Crippen molar-refractivity contribution in [2.45, 2.75) is 4.90 Å². The highest BCUT2D eigenvalue weighted by molar-refractivity contribution is 7.80. The summed E-state index contributed by atoms with van der Waals surface area (Å²) in [6, 6.07) is 7.47. The lowest BCUT2D eigenvalue weighted by atomic mass is 10.3. The third-order valence-electron chi connectivity index (χ3n) is 0.937. The average molecular weight is 142 g/mol. The fraction of sp³-hybridized carbons (Fsp3) is 0. The van der Waals surface area contributed by atoms with Crippen LogP contribution >= 0.6 is 12.6 Å². The molecule has 0 bridgehead atoms. The predicted octanol–water partition coefficient (Wildman–Crippen LogP) is 1.72. The largest absolute Gasteiger partial charge is 0.398 e. The van der Waals surface area contributed by atoms with Crippen molar-refractivity contribution in [3.8, 4) is 0 Å². The Morgan fingerprint density at radius 3 is 2.11 bits per heavy atom. The van der Waals surface area contributed by atoms with E-state index in [1.165, 1.54) is 0 Å². The number of benzene rings is 1. The highest BCUT2D eigenvalue weighted by Gasteiger charge is 1.85. The summed E-state index contributed by atoms with van der Waals surface area (Å²) in [5.74, 6) is 0. The van der Waals surface area contributed by atoms with E-state index in [0.29, 0.717) is 0 Å². The van der Waals surface area contributed by atoms with Gasteiger partial charge in [-0.2, -0.15) is 0 Å². The Labute approximate surface area is 60.1 Å². The molecule has 3 heteroatoms. The minimum Gasteiger partial charge on any atom is -0.398 e. The van der Waals surface area contributed by atoms with Gasteiger partial charge in [0.2, 0.25) is 0 Å². The maximum atomic E-state index is 5.44. The van der Waals surface area contributed by atoms with Crippen LogP contribution in [0.4, 0.5) is 5.69 Å². The smallest absolute Gasteiger partial charge is 0.0449 e. The van der Waals surface area contributed by atoms with Gasteiger partial charge in [-0.25, -0.2) is 0 Å². The second kappa shape index (κ2) is 3.37. The first-order valence-electron chi connectivity index (χ1n) is 2.34. The molecule has 1 aromatic rings. The lowest BCUT2D eigenvalue weighted by Crippen LogP contribution is -1.83. The zero-order valence-corrected chi connectivity index (χ0v) is 5.94. The van der Waals surface area contributed by atoms with Gasteiger partial charge in [0.25, 0.3) is 0 Å². The van der Waals surface area contributed by atoms with Crippen molar-refractivity contribution >= 4 is 18.3 Å². The molecule has 9 heavy (non-hydrogen) atoms. The molecule has 0 aliphatic carbocycles. The number of anilines is 1. The quantitative estimate of drug-likeness (QED) is 0.381. The lowest BCUT2D eigenvalue weighted by molar-refractivity contribution is 1.48. The maximum Gasteiger partial charge on any atom is 0.0449 e. The van der Waals surface area contributed by atoms with Crippen LogP contribution < -0.4 is 11.9 Å². The molecule has 0 atom stereocenters. The standard InChI is InChI=1S/C6H7NS.H3N/c7-5-3-1-2-4-6(5)8;/h1-4,8H,7H2;1H3. The fourth-order valence-corrected chi connectivity index (χ4v) is 0.648. The van der Waals surface area contributed by atoms with Crippen molar-refractivity contribution < 1.29 is 0 Å². The molecule has 1 rings (SSSR count). The topological polar surface area (TPSA) is 61.0 Å². The molecule has 1 aromatic carbocycles. The molecule has 0 amide bonds. The third kappa shape index (κ3) is 1.95. The first-order valence-corrected chi connectivity index (χ1v) is 2.79. The molecular weight excluding hydrogens is 132 g/mol. The summed E-state index contributed by atoms with van der Waals surface area (Å²) in [5, 5.41) is 0. The van der Waals surface area contributed by atoms with Gasteiger partial charge in [0, 0.05) is 10.6 Å². The summed E-state index contributed by atoms with van der Waals surface area (Å²) in [6.45, 7) is 0. The monoisotopic (exact) mass is 142 g/mol. The molecule has 0 fully saturated rings. The summed E-state index contributed by atoms with van der Waals surface area (Å²) in [4.78, 5) is 0.840. The van der Waals surface area contributed by atoms with E-state index in [2.05, 4.69) is 12.6 Å². The molecule has 0 saturated carbocycles. The molecule has 5 N–H and O–H groups in total. The van der Waals surface area contributed by atoms with E-state index in [4.69, 9.17) is 5.73 Å². The number of nitrogen functional groups attached to an aromatic ring is 1. The van der Waals surface area contributed by atoms with Crippen LogP contribution in [-0.4, -0.2) is 0 Å². The van der Waals surface area contributed by atoms with Crippen LogP contribution in [0.25, 0.3) is 0 Å². The zero-order chi connectivity index (χ0) is 5.98. The molecule has 2 nitrogen and oxygen atoms in total. The van der Waals surface area contributed by atoms with Gasteiger partial charge in [-0.1, -0.05) is 12.1 Å². The lowest BCUT2D eigenvalue weighted by Gasteiger charge is -1.92.